The lowest BCUT2D eigenvalue weighted by Gasteiger charge is -2.37. The van der Waals surface area contributed by atoms with Crippen LogP contribution in [0.15, 0.2) is 28.7 Å². The van der Waals surface area contributed by atoms with Gasteiger partial charge in [0.15, 0.2) is 22.7 Å². The molecule has 0 unspecified atom stereocenters. The van der Waals surface area contributed by atoms with Gasteiger partial charge in [-0.1, -0.05) is 32.6 Å². The second-order valence-corrected chi connectivity index (χ2v) is 12.3. The molecule has 3 aliphatic rings. The summed E-state index contributed by atoms with van der Waals surface area (Å²) in [5.41, 5.74) is 0.102. The van der Waals surface area contributed by atoms with E-state index in [0.717, 1.165) is 56.3 Å². The molecule has 2 aromatic carbocycles. The Hall–Kier alpha value is -2.30. The van der Waals surface area contributed by atoms with Crippen LogP contribution in [-0.2, 0) is 0 Å². The van der Waals surface area contributed by atoms with Gasteiger partial charge in [-0.25, -0.2) is 0 Å². The fourth-order valence-electron chi connectivity index (χ4n) is 7.58. The Labute approximate surface area is 225 Å². The number of benzene rings is 2. The van der Waals surface area contributed by atoms with Gasteiger partial charge < -0.3 is 13.9 Å². The van der Waals surface area contributed by atoms with E-state index in [1.54, 1.807) is 24.3 Å². The molecule has 0 spiro atoms. The average molecular weight is 525 g/mol. The lowest BCUT2D eigenvalue weighted by Crippen LogP contribution is -2.27. The van der Waals surface area contributed by atoms with E-state index in [-0.39, 0.29) is 28.8 Å². The van der Waals surface area contributed by atoms with Crippen LogP contribution in [0, 0.1) is 35.3 Å². The third kappa shape index (κ3) is 5.27. The molecule has 38 heavy (non-hydrogen) atoms. The molecule has 0 amide bonds. The molecule has 5 heteroatoms. The maximum absolute atomic E-state index is 15.4. The van der Waals surface area contributed by atoms with Crippen molar-refractivity contribution >= 4 is 21.9 Å². The summed E-state index contributed by atoms with van der Waals surface area (Å²) in [6.07, 6.45) is 17.4. The van der Waals surface area contributed by atoms with Gasteiger partial charge in [0.2, 0.25) is 11.6 Å². The van der Waals surface area contributed by atoms with Gasteiger partial charge in [-0.3, -0.25) is 0 Å². The van der Waals surface area contributed by atoms with Crippen molar-refractivity contribution in [3.8, 4) is 11.5 Å². The van der Waals surface area contributed by atoms with Crippen LogP contribution in [0.3, 0.4) is 0 Å². The molecule has 0 aliphatic heterocycles. The largest absolute Gasteiger partial charge is 0.490 e. The van der Waals surface area contributed by atoms with Gasteiger partial charge in [0.25, 0.3) is 0 Å². The molecule has 0 atom stereocenters. The minimum Gasteiger partial charge on any atom is -0.490 e. The highest BCUT2D eigenvalue weighted by atomic mass is 19.1. The average Bonchev–Trinajstić information content (AvgIpc) is 3.60. The predicted octanol–water partition coefficient (Wildman–Crippen LogP) is 9.98. The first-order valence-electron chi connectivity index (χ1n) is 15.2. The van der Waals surface area contributed by atoms with E-state index in [4.69, 9.17) is 13.9 Å². The quantitative estimate of drug-likeness (QED) is 0.294. The Balaban J connectivity index is 1.08. The van der Waals surface area contributed by atoms with Crippen LogP contribution in [0.4, 0.5) is 8.78 Å². The third-order valence-corrected chi connectivity index (χ3v) is 9.83. The number of ether oxygens (including phenoxy) is 2. The van der Waals surface area contributed by atoms with Crippen molar-refractivity contribution in [1.82, 2.24) is 0 Å². The third-order valence-electron chi connectivity index (χ3n) is 9.83. The van der Waals surface area contributed by atoms with E-state index < -0.39 is 11.6 Å². The highest BCUT2D eigenvalue weighted by Gasteiger charge is 2.31. The Kier molecular flexibility index (Phi) is 7.81. The van der Waals surface area contributed by atoms with Crippen molar-refractivity contribution in [2.24, 2.45) is 23.7 Å². The fraction of sp³-hybridized carbons (Fsp3) is 0.636. The van der Waals surface area contributed by atoms with Gasteiger partial charge in [0.1, 0.15) is 0 Å². The van der Waals surface area contributed by atoms with E-state index in [1.165, 1.54) is 51.4 Å². The summed E-state index contributed by atoms with van der Waals surface area (Å²) in [7, 11) is 0. The molecule has 1 heterocycles. The number of halogens is 2. The summed E-state index contributed by atoms with van der Waals surface area (Å²) < 4.78 is 48.3. The molecule has 3 aromatic rings. The number of hydrogen-bond acceptors (Lipinski definition) is 3. The Morgan fingerprint density at radius 1 is 0.711 bits per heavy atom. The van der Waals surface area contributed by atoms with Crippen LogP contribution in [-0.4, -0.2) is 12.7 Å². The maximum Gasteiger partial charge on any atom is 0.208 e. The molecule has 206 valence electrons. The van der Waals surface area contributed by atoms with Gasteiger partial charge in [-0.05, 0) is 112 Å². The lowest BCUT2D eigenvalue weighted by molar-refractivity contribution is 0.120. The predicted molar refractivity (Wildman–Crippen MR) is 148 cm³/mol. The smallest absolute Gasteiger partial charge is 0.208 e. The second kappa shape index (κ2) is 11.4. The molecule has 3 saturated carbocycles. The first kappa shape index (κ1) is 26.0. The first-order chi connectivity index (χ1) is 18.6. The van der Waals surface area contributed by atoms with Crippen molar-refractivity contribution in [2.45, 2.75) is 103 Å². The zero-order valence-corrected chi connectivity index (χ0v) is 22.8. The molecule has 6 rings (SSSR count). The van der Waals surface area contributed by atoms with Crippen LogP contribution in [0.1, 0.15) is 96.8 Å². The van der Waals surface area contributed by atoms with Crippen molar-refractivity contribution < 1.29 is 22.7 Å². The summed E-state index contributed by atoms with van der Waals surface area (Å²) in [6, 6.07) is 6.85. The number of hydrogen-bond donors (Lipinski definition) is 0. The molecule has 1 aromatic heterocycles. The zero-order valence-electron chi connectivity index (χ0n) is 22.8. The zero-order chi connectivity index (χ0) is 26.1. The van der Waals surface area contributed by atoms with E-state index in [0.29, 0.717) is 23.3 Å². The molecule has 0 N–H and O–H groups in total. The van der Waals surface area contributed by atoms with Crippen LogP contribution in [0.2, 0.25) is 0 Å². The second-order valence-electron chi connectivity index (χ2n) is 12.3. The Morgan fingerprint density at radius 2 is 1.26 bits per heavy atom. The van der Waals surface area contributed by atoms with Crippen LogP contribution < -0.4 is 9.47 Å². The number of rotatable bonds is 8. The van der Waals surface area contributed by atoms with Gasteiger partial charge in [0.05, 0.1) is 12.7 Å². The highest BCUT2D eigenvalue weighted by Crippen LogP contribution is 2.43. The van der Waals surface area contributed by atoms with Gasteiger partial charge in [0, 0.05) is 10.8 Å². The molecule has 3 aliphatic carbocycles. The number of fused-ring (bicyclic) bond motifs is 3. The fourth-order valence-corrected chi connectivity index (χ4v) is 7.58. The van der Waals surface area contributed by atoms with E-state index >= 15 is 8.78 Å². The van der Waals surface area contributed by atoms with Gasteiger partial charge in [-0.2, -0.15) is 8.78 Å². The van der Waals surface area contributed by atoms with Crippen molar-refractivity contribution in [3.63, 3.8) is 0 Å². The van der Waals surface area contributed by atoms with Crippen molar-refractivity contribution in [3.05, 3.63) is 35.9 Å². The van der Waals surface area contributed by atoms with E-state index in [1.807, 2.05) is 0 Å². The topological polar surface area (TPSA) is 31.6 Å². The normalized spacial score (nSPS) is 26.8. The van der Waals surface area contributed by atoms with Crippen LogP contribution in [0.25, 0.3) is 21.9 Å². The van der Waals surface area contributed by atoms with Crippen LogP contribution in [0.5, 0.6) is 11.5 Å². The molecule has 0 radical (unpaired) electrons. The standard InChI is InChI=1S/C33H42F2O3/c1-2-5-21-8-12-23(13-9-21)24-14-10-22(11-15-24)20-36-28-18-16-26-27-17-19-29(37-25-6-3-4-7-25)31(35)33(27)38-32(26)30(28)34/h16-19,21-25H,2-15,20H2,1H3. The SMILES string of the molecule is CCCC1CCC(C2CCC(COc3ccc4c(oc5c(F)c(OC6CCCC6)ccc54)c3F)CC2)CC1. The molecule has 3 nitrogen and oxygen atoms in total. The molecular weight excluding hydrogens is 482 g/mol. The molecule has 3 fully saturated rings. The van der Waals surface area contributed by atoms with Crippen molar-refractivity contribution in [2.75, 3.05) is 6.61 Å². The minimum atomic E-state index is -0.553. The highest BCUT2D eigenvalue weighted by molar-refractivity contribution is 6.06. The van der Waals surface area contributed by atoms with Crippen LogP contribution >= 0.6 is 0 Å². The van der Waals surface area contributed by atoms with Gasteiger partial charge in [-0.15, -0.1) is 0 Å². The van der Waals surface area contributed by atoms with E-state index in [2.05, 4.69) is 6.92 Å². The summed E-state index contributed by atoms with van der Waals surface area (Å²) in [5, 5.41) is 1.12. The summed E-state index contributed by atoms with van der Waals surface area (Å²) >= 11 is 0. The monoisotopic (exact) mass is 524 g/mol. The summed E-state index contributed by atoms with van der Waals surface area (Å²) in [4.78, 5) is 0. The molecule has 0 saturated heterocycles. The summed E-state index contributed by atoms with van der Waals surface area (Å²) in [6.45, 7) is 2.82. The Bertz CT molecular complexity index is 1230. The Morgan fingerprint density at radius 3 is 1.87 bits per heavy atom. The maximum atomic E-state index is 15.4. The lowest BCUT2D eigenvalue weighted by atomic mass is 9.69. The molecular formula is C33H42F2O3. The van der Waals surface area contributed by atoms with E-state index in [9.17, 15) is 0 Å². The summed E-state index contributed by atoms with van der Waals surface area (Å²) in [5.74, 6) is 2.46. The van der Waals surface area contributed by atoms with Crippen molar-refractivity contribution in [1.29, 1.82) is 0 Å². The molecule has 0 bridgehead atoms. The first-order valence-corrected chi connectivity index (χ1v) is 15.2. The number of furan rings is 1. The van der Waals surface area contributed by atoms with Gasteiger partial charge >= 0.3 is 0 Å². The minimum absolute atomic E-state index is 0.0407.